The van der Waals surface area contributed by atoms with Crippen LogP contribution in [0.3, 0.4) is 0 Å². The fourth-order valence-electron chi connectivity index (χ4n) is 3.90. The molecule has 146 valence electrons. The third-order valence-electron chi connectivity index (χ3n) is 5.56. The first-order valence-electron chi connectivity index (χ1n) is 10.1. The molecule has 3 heterocycles. The number of carbonyl (C=O) groups is 2. The number of pyridine rings is 1. The van der Waals surface area contributed by atoms with Crippen molar-refractivity contribution in [1.29, 1.82) is 0 Å². The van der Waals surface area contributed by atoms with E-state index in [-0.39, 0.29) is 11.8 Å². The largest absolute Gasteiger partial charge is 0.353 e. The molecular formula is C22H26N4O2. The van der Waals surface area contributed by atoms with E-state index in [9.17, 15) is 9.59 Å². The predicted octanol–water partition coefficient (Wildman–Crippen LogP) is 2.67. The summed E-state index contributed by atoms with van der Waals surface area (Å²) >= 11 is 0. The van der Waals surface area contributed by atoms with Gasteiger partial charge in [-0.15, -0.1) is 0 Å². The summed E-state index contributed by atoms with van der Waals surface area (Å²) in [6.45, 7) is 4.55. The van der Waals surface area contributed by atoms with Gasteiger partial charge in [0.15, 0.2) is 0 Å². The second-order valence-electron chi connectivity index (χ2n) is 7.40. The molecule has 6 nitrogen and oxygen atoms in total. The molecule has 2 amide bonds. The number of nitrogens with zero attached hydrogens (tertiary/aromatic N) is 4. The topological polar surface area (TPSA) is 56.8 Å². The molecule has 2 saturated heterocycles. The van der Waals surface area contributed by atoms with E-state index in [2.05, 4.69) is 9.88 Å². The third-order valence-corrected chi connectivity index (χ3v) is 5.56. The van der Waals surface area contributed by atoms with Gasteiger partial charge in [-0.3, -0.25) is 9.59 Å². The molecule has 0 aliphatic carbocycles. The Hall–Kier alpha value is -2.89. The van der Waals surface area contributed by atoms with E-state index in [1.807, 2.05) is 28.0 Å². The summed E-state index contributed by atoms with van der Waals surface area (Å²) in [4.78, 5) is 35.8. The highest BCUT2D eigenvalue weighted by Gasteiger charge is 2.23. The number of amides is 2. The first-order valence-corrected chi connectivity index (χ1v) is 10.1. The van der Waals surface area contributed by atoms with Crippen LogP contribution in [0.2, 0.25) is 0 Å². The zero-order valence-corrected chi connectivity index (χ0v) is 16.1. The van der Waals surface area contributed by atoms with Gasteiger partial charge in [-0.25, -0.2) is 4.98 Å². The zero-order chi connectivity index (χ0) is 19.3. The maximum atomic E-state index is 12.8. The van der Waals surface area contributed by atoms with E-state index in [1.54, 1.807) is 30.5 Å². The predicted molar refractivity (Wildman–Crippen MR) is 109 cm³/mol. The van der Waals surface area contributed by atoms with Gasteiger partial charge >= 0.3 is 0 Å². The zero-order valence-electron chi connectivity index (χ0n) is 16.1. The Labute approximate surface area is 165 Å². The minimum atomic E-state index is 0.0256. The molecule has 4 rings (SSSR count). The lowest BCUT2D eigenvalue weighted by atomic mass is 10.1. The minimum Gasteiger partial charge on any atom is -0.353 e. The molecule has 2 aliphatic rings. The number of aromatic nitrogens is 1. The van der Waals surface area contributed by atoms with Crippen LogP contribution in [0.1, 0.15) is 40.0 Å². The number of benzene rings is 1. The molecule has 2 aliphatic heterocycles. The normalized spacial score (nSPS) is 17.5. The molecule has 28 heavy (non-hydrogen) atoms. The first kappa shape index (κ1) is 18.5. The number of rotatable bonds is 3. The van der Waals surface area contributed by atoms with Gasteiger partial charge in [0.1, 0.15) is 5.82 Å². The molecule has 2 aromatic rings. The Bertz CT molecular complexity index is 808. The van der Waals surface area contributed by atoms with E-state index >= 15 is 0 Å². The molecule has 0 radical (unpaired) electrons. The summed E-state index contributed by atoms with van der Waals surface area (Å²) in [5.41, 5.74) is 1.31. The maximum Gasteiger partial charge on any atom is 0.253 e. The average Bonchev–Trinajstić information content (AvgIpc) is 2.79. The van der Waals surface area contributed by atoms with Gasteiger partial charge < -0.3 is 14.7 Å². The summed E-state index contributed by atoms with van der Waals surface area (Å²) in [6.07, 6.45) is 5.14. The van der Waals surface area contributed by atoms with Crippen LogP contribution in [0.4, 0.5) is 5.82 Å². The Morgan fingerprint density at radius 2 is 1.25 bits per heavy atom. The van der Waals surface area contributed by atoms with E-state index in [0.717, 1.165) is 44.8 Å². The molecule has 6 heteroatoms. The quantitative estimate of drug-likeness (QED) is 0.824. The van der Waals surface area contributed by atoms with Gasteiger partial charge in [-0.1, -0.05) is 6.07 Å². The van der Waals surface area contributed by atoms with Crippen LogP contribution in [0, 0.1) is 0 Å². The van der Waals surface area contributed by atoms with Crippen molar-refractivity contribution >= 4 is 17.6 Å². The summed E-state index contributed by atoms with van der Waals surface area (Å²) in [5, 5.41) is 0. The summed E-state index contributed by atoms with van der Waals surface area (Å²) in [7, 11) is 0. The molecule has 1 aromatic heterocycles. The van der Waals surface area contributed by atoms with Crippen LogP contribution in [0.5, 0.6) is 0 Å². The SMILES string of the molecule is O=C(c1ccc(C(=O)N2CCN(c3ccccn3)CC2)cc1)N1CCCCC1. The molecule has 0 spiro atoms. The van der Waals surface area contributed by atoms with Crippen LogP contribution in [0.25, 0.3) is 0 Å². The molecule has 0 bridgehead atoms. The Morgan fingerprint density at radius 3 is 1.79 bits per heavy atom. The molecule has 0 saturated carbocycles. The number of hydrogen-bond acceptors (Lipinski definition) is 4. The number of carbonyl (C=O) groups excluding carboxylic acids is 2. The third kappa shape index (κ3) is 4.01. The molecule has 2 fully saturated rings. The number of hydrogen-bond donors (Lipinski definition) is 0. The van der Waals surface area contributed by atoms with Gasteiger partial charge in [0.05, 0.1) is 0 Å². The number of likely N-dealkylation sites (tertiary alicyclic amines) is 1. The minimum absolute atomic E-state index is 0.0256. The van der Waals surface area contributed by atoms with Crippen molar-refractivity contribution in [2.24, 2.45) is 0 Å². The smallest absolute Gasteiger partial charge is 0.253 e. The summed E-state index contributed by atoms with van der Waals surface area (Å²) in [6, 6.07) is 13.0. The maximum absolute atomic E-state index is 12.8. The highest BCUT2D eigenvalue weighted by atomic mass is 16.2. The van der Waals surface area contributed by atoms with E-state index in [4.69, 9.17) is 0 Å². The highest BCUT2D eigenvalue weighted by molar-refractivity contribution is 5.98. The van der Waals surface area contributed by atoms with Crippen LogP contribution >= 0.6 is 0 Å². The van der Waals surface area contributed by atoms with E-state index in [0.29, 0.717) is 24.2 Å². The van der Waals surface area contributed by atoms with Crippen molar-refractivity contribution in [3.8, 4) is 0 Å². The average molecular weight is 378 g/mol. The molecular weight excluding hydrogens is 352 g/mol. The standard InChI is InChI=1S/C22H26N4O2/c27-21(25-12-4-1-5-13-25)18-7-9-19(10-8-18)22(28)26-16-14-24(15-17-26)20-6-2-3-11-23-20/h2-3,6-11H,1,4-5,12-17H2. The Balaban J connectivity index is 1.35. The van der Waals surface area contributed by atoms with Crippen molar-refractivity contribution in [2.75, 3.05) is 44.2 Å². The van der Waals surface area contributed by atoms with Crippen molar-refractivity contribution in [3.63, 3.8) is 0 Å². The summed E-state index contributed by atoms with van der Waals surface area (Å²) in [5.74, 6) is 1.05. The van der Waals surface area contributed by atoms with E-state index in [1.165, 1.54) is 6.42 Å². The second-order valence-corrected chi connectivity index (χ2v) is 7.40. The van der Waals surface area contributed by atoms with Gasteiger partial charge in [0.2, 0.25) is 0 Å². The number of piperidine rings is 1. The van der Waals surface area contributed by atoms with Gasteiger partial charge in [-0.05, 0) is 55.7 Å². The lowest BCUT2D eigenvalue weighted by Crippen LogP contribution is -2.49. The van der Waals surface area contributed by atoms with Gasteiger partial charge in [0.25, 0.3) is 11.8 Å². The fraction of sp³-hybridized carbons (Fsp3) is 0.409. The molecule has 0 unspecified atom stereocenters. The lowest BCUT2D eigenvalue weighted by molar-refractivity contribution is 0.0719. The Morgan fingerprint density at radius 1 is 0.679 bits per heavy atom. The van der Waals surface area contributed by atoms with Crippen molar-refractivity contribution in [1.82, 2.24) is 14.8 Å². The highest BCUT2D eigenvalue weighted by Crippen LogP contribution is 2.17. The fourth-order valence-corrected chi connectivity index (χ4v) is 3.90. The van der Waals surface area contributed by atoms with Crippen molar-refractivity contribution in [3.05, 3.63) is 59.8 Å². The van der Waals surface area contributed by atoms with Gasteiger partial charge in [0, 0.05) is 56.6 Å². The monoisotopic (exact) mass is 378 g/mol. The second kappa shape index (κ2) is 8.42. The number of anilines is 1. The first-order chi connectivity index (χ1) is 13.7. The summed E-state index contributed by atoms with van der Waals surface area (Å²) < 4.78 is 0. The number of piperazine rings is 1. The van der Waals surface area contributed by atoms with E-state index < -0.39 is 0 Å². The van der Waals surface area contributed by atoms with Crippen LogP contribution in [0.15, 0.2) is 48.7 Å². The van der Waals surface area contributed by atoms with Crippen molar-refractivity contribution in [2.45, 2.75) is 19.3 Å². The molecule has 1 aromatic carbocycles. The van der Waals surface area contributed by atoms with Crippen molar-refractivity contribution < 1.29 is 9.59 Å². The van der Waals surface area contributed by atoms with Crippen LogP contribution in [-0.4, -0.2) is 65.9 Å². The van der Waals surface area contributed by atoms with Crippen LogP contribution in [-0.2, 0) is 0 Å². The molecule has 0 atom stereocenters. The van der Waals surface area contributed by atoms with Gasteiger partial charge in [-0.2, -0.15) is 0 Å². The Kier molecular flexibility index (Phi) is 5.55. The van der Waals surface area contributed by atoms with Crippen LogP contribution < -0.4 is 4.90 Å². The molecule has 0 N–H and O–H groups in total. The lowest BCUT2D eigenvalue weighted by Gasteiger charge is -2.35.